The molecule has 1 N–H and O–H groups in total. The predicted octanol–water partition coefficient (Wildman–Crippen LogP) is 5.68. The highest BCUT2D eigenvalue weighted by molar-refractivity contribution is 6.40. The summed E-state index contributed by atoms with van der Waals surface area (Å²) in [6.45, 7) is 0.000569. The summed E-state index contributed by atoms with van der Waals surface area (Å²) >= 11 is 13.0. The summed E-state index contributed by atoms with van der Waals surface area (Å²) in [6.07, 6.45) is 3.48. The number of carbonyl (C=O) groups is 2. The molecule has 1 aliphatic heterocycles. The number of esters is 1. The van der Waals surface area contributed by atoms with Gasteiger partial charge in [-0.05, 0) is 29.8 Å². The summed E-state index contributed by atoms with van der Waals surface area (Å²) < 4.78 is 27.1. The number of halogens is 3. The number of hydrogen-bond donors (Lipinski definition) is 1. The standard InChI is InChI=1S/C27H20Cl2FN3O5/c1-32-11-16(10-31-32)15-6-20(28)24(21(29)7-15)26(35)33-12-14-4-3-5-17(25(14)38-13-33)18-9-23(34)19(8-22(18)30)27(36)37-2/h3-11,34H,12-13H2,1-2H3. The number of nitrogens with zero attached hydrogens (tertiary/aromatic N) is 3. The van der Waals surface area contributed by atoms with Crippen molar-refractivity contribution < 1.29 is 28.6 Å². The van der Waals surface area contributed by atoms with Gasteiger partial charge in [0.15, 0.2) is 6.73 Å². The molecule has 0 aliphatic carbocycles. The molecule has 1 aliphatic rings. The molecule has 0 bridgehead atoms. The monoisotopic (exact) mass is 555 g/mol. The van der Waals surface area contributed by atoms with Crippen LogP contribution in [-0.4, -0.2) is 45.5 Å². The number of amides is 1. The molecule has 0 fully saturated rings. The van der Waals surface area contributed by atoms with E-state index in [1.807, 2.05) is 6.20 Å². The van der Waals surface area contributed by atoms with Crippen LogP contribution in [0.4, 0.5) is 4.39 Å². The van der Waals surface area contributed by atoms with Crippen molar-refractivity contribution in [3.05, 3.63) is 87.4 Å². The van der Waals surface area contributed by atoms with E-state index in [-0.39, 0.29) is 40.0 Å². The lowest BCUT2D eigenvalue weighted by Gasteiger charge is -2.31. The van der Waals surface area contributed by atoms with Crippen LogP contribution in [0.2, 0.25) is 10.0 Å². The quantitative estimate of drug-likeness (QED) is 0.325. The van der Waals surface area contributed by atoms with Crippen LogP contribution in [0.15, 0.2) is 54.9 Å². The molecule has 0 saturated heterocycles. The van der Waals surface area contributed by atoms with E-state index in [4.69, 9.17) is 27.9 Å². The molecule has 0 spiro atoms. The van der Waals surface area contributed by atoms with E-state index < -0.39 is 23.4 Å². The molecule has 8 nitrogen and oxygen atoms in total. The number of phenolic OH excluding ortho intramolecular Hbond substituents is 1. The Hall–Kier alpha value is -4.08. The average molecular weight is 556 g/mol. The zero-order valence-corrected chi connectivity index (χ0v) is 21.7. The first-order valence-electron chi connectivity index (χ1n) is 11.3. The molecule has 5 rings (SSSR count). The van der Waals surface area contributed by atoms with Gasteiger partial charge < -0.3 is 19.5 Å². The molecule has 1 amide bonds. The molecule has 11 heteroatoms. The SMILES string of the molecule is COC(=O)c1cc(F)c(-c2cccc3c2OCN(C(=O)c2c(Cl)cc(-c4cnn(C)c4)cc2Cl)C3)cc1O. The number of methoxy groups -OCH3 is 1. The van der Waals surface area contributed by atoms with E-state index in [0.29, 0.717) is 16.9 Å². The Bertz CT molecular complexity index is 1580. The van der Waals surface area contributed by atoms with Crippen LogP contribution in [0, 0.1) is 5.82 Å². The van der Waals surface area contributed by atoms with Crippen molar-refractivity contribution in [2.24, 2.45) is 7.05 Å². The van der Waals surface area contributed by atoms with E-state index in [9.17, 15) is 19.1 Å². The third kappa shape index (κ3) is 4.55. The van der Waals surface area contributed by atoms with Crippen LogP contribution < -0.4 is 4.74 Å². The van der Waals surface area contributed by atoms with Gasteiger partial charge in [-0.1, -0.05) is 41.4 Å². The van der Waals surface area contributed by atoms with Crippen LogP contribution in [0.25, 0.3) is 22.3 Å². The molecule has 2 heterocycles. The van der Waals surface area contributed by atoms with Gasteiger partial charge in [-0.3, -0.25) is 9.48 Å². The maximum absolute atomic E-state index is 15.0. The molecule has 0 radical (unpaired) electrons. The number of rotatable bonds is 4. The Labute approximate surface area is 226 Å². The number of aromatic hydroxyl groups is 1. The summed E-state index contributed by atoms with van der Waals surface area (Å²) in [5.41, 5.74) is 2.36. The van der Waals surface area contributed by atoms with Crippen molar-refractivity contribution in [1.29, 1.82) is 0 Å². The summed E-state index contributed by atoms with van der Waals surface area (Å²) in [6, 6.07) is 10.4. The fraction of sp³-hybridized carbons (Fsp3) is 0.148. The van der Waals surface area contributed by atoms with Crippen molar-refractivity contribution >= 4 is 35.1 Å². The van der Waals surface area contributed by atoms with Crippen LogP contribution in [0.5, 0.6) is 11.5 Å². The molecular formula is C27H20Cl2FN3O5. The number of aryl methyl sites for hydroxylation is 1. The van der Waals surface area contributed by atoms with Crippen LogP contribution in [0.1, 0.15) is 26.3 Å². The van der Waals surface area contributed by atoms with Crippen molar-refractivity contribution in [3.63, 3.8) is 0 Å². The summed E-state index contributed by atoms with van der Waals surface area (Å²) in [4.78, 5) is 26.6. The van der Waals surface area contributed by atoms with E-state index >= 15 is 0 Å². The fourth-order valence-electron chi connectivity index (χ4n) is 4.33. The lowest BCUT2D eigenvalue weighted by atomic mass is 9.98. The first kappa shape index (κ1) is 25.6. The molecule has 0 atom stereocenters. The largest absolute Gasteiger partial charge is 0.507 e. The lowest BCUT2D eigenvalue weighted by Crippen LogP contribution is -2.37. The van der Waals surface area contributed by atoms with Gasteiger partial charge in [0.1, 0.15) is 22.9 Å². The Morgan fingerprint density at radius 2 is 1.84 bits per heavy atom. The maximum Gasteiger partial charge on any atom is 0.341 e. The summed E-state index contributed by atoms with van der Waals surface area (Å²) in [5.74, 6) is -2.12. The lowest BCUT2D eigenvalue weighted by molar-refractivity contribution is 0.0515. The summed E-state index contributed by atoms with van der Waals surface area (Å²) in [5, 5.41) is 14.8. The van der Waals surface area contributed by atoms with Crippen molar-refractivity contribution in [3.8, 4) is 33.8 Å². The number of fused-ring (bicyclic) bond motifs is 1. The van der Waals surface area contributed by atoms with E-state index in [1.54, 1.807) is 48.3 Å². The Balaban J connectivity index is 1.44. The van der Waals surface area contributed by atoms with Crippen molar-refractivity contribution in [2.75, 3.05) is 13.8 Å². The van der Waals surface area contributed by atoms with Crippen molar-refractivity contribution in [2.45, 2.75) is 6.54 Å². The molecular weight excluding hydrogens is 536 g/mol. The number of carbonyl (C=O) groups excluding carboxylic acids is 2. The van der Waals surface area contributed by atoms with Gasteiger partial charge in [-0.25, -0.2) is 9.18 Å². The van der Waals surface area contributed by atoms with Gasteiger partial charge >= 0.3 is 5.97 Å². The van der Waals surface area contributed by atoms with E-state index in [1.165, 1.54) is 4.90 Å². The maximum atomic E-state index is 15.0. The highest BCUT2D eigenvalue weighted by Crippen LogP contribution is 2.40. The molecule has 194 valence electrons. The first-order valence-corrected chi connectivity index (χ1v) is 12.1. The highest BCUT2D eigenvalue weighted by atomic mass is 35.5. The second kappa shape index (κ2) is 10.00. The summed E-state index contributed by atoms with van der Waals surface area (Å²) in [7, 11) is 2.93. The van der Waals surface area contributed by atoms with Gasteiger partial charge in [0.2, 0.25) is 0 Å². The average Bonchev–Trinajstić information content (AvgIpc) is 3.34. The second-order valence-electron chi connectivity index (χ2n) is 8.63. The first-order chi connectivity index (χ1) is 18.2. The fourth-order valence-corrected chi connectivity index (χ4v) is 4.98. The smallest absolute Gasteiger partial charge is 0.341 e. The molecule has 0 unspecified atom stereocenters. The van der Waals surface area contributed by atoms with Crippen molar-refractivity contribution in [1.82, 2.24) is 14.7 Å². The highest BCUT2D eigenvalue weighted by Gasteiger charge is 2.29. The number of benzene rings is 3. The van der Waals surface area contributed by atoms with Crippen LogP contribution in [-0.2, 0) is 18.3 Å². The Kier molecular flexibility index (Phi) is 6.73. The Morgan fingerprint density at radius 1 is 1.11 bits per heavy atom. The number of para-hydroxylation sites is 1. The third-order valence-corrected chi connectivity index (χ3v) is 6.78. The molecule has 1 aromatic heterocycles. The van der Waals surface area contributed by atoms with Gasteiger partial charge in [0.05, 0.1) is 35.5 Å². The number of hydrogen-bond acceptors (Lipinski definition) is 6. The Morgan fingerprint density at radius 3 is 2.50 bits per heavy atom. The van der Waals surface area contributed by atoms with E-state index in [2.05, 4.69) is 9.84 Å². The van der Waals surface area contributed by atoms with Gasteiger partial charge in [-0.2, -0.15) is 5.10 Å². The molecule has 3 aromatic carbocycles. The number of phenols is 1. The second-order valence-corrected chi connectivity index (χ2v) is 9.44. The van der Waals surface area contributed by atoms with Crippen LogP contribution in [0.3, 0.4) is 0 Å². The molecule has 38 heavy (non-hydrogen) atoms. The topological polar surface area (TPSA) is 93.9 Å². The zero-order valence-electron chi connectivity index (χ0n) is 20.2. The third-order valence-electron chi connectivity index (χ3n) is 6.18. The molecule has 0 saturated carbocycles. The number of ether oxygens (including phenoxy) is 2. The minimum absolute atomic E-state index is 0.0314. The van der Waals surface area contributed by atoms with Gasteiger partial charge in [0.25, 0.3) is 5.91 Å². The number of aromatic nitrogens is 2. The van der Waals surface area contributed by atoms with Crippen LogP contribution >= 0.6 is 23.2 Å². The predicted molar refractivity (Wildman–Crippen MR) is 139 cm³/mol. The zero-order chi connectivity index (χ0) is 27.1. The molecule has 4 aromatic rings. The van der Waals surface area contributed by atoms with Gasteiger partial charge in [-0.15, -0.1) is 0 Å². The minimum atomic E-state index is -0.862. The van der Waals surface area contributed by atoms with E-state index in [0.717, 1.165) is 30.4 Å². The normalized spacial score (nSPS) is 12.6. The minimum Gasteiger partial charge on any atom is -0.507 e. The van der Waals surface area contributed by atoms with Gasteiger partial charge in [0, 0.05) is 35.5 Å².